The number of nitrogens with two attached hydrogens (primary N) is 1. The normalized spacial score (nSPS) is 16.0. The van der Waals surface area contributed by atoms with Crippen molar-refractivity contribution in [3.05, 3.63) is 63.2 Å². The first kappa shape index (κ1) is 22.2. The van der Waals surface area contributed by atoms with Crippen LogP contribution in [0, 0.1) is 0 Å². The standard InChI is InChI=1S/C24H30ClN3O2/c1-4-15-13-17-14-21(23(26)29)28(12-11-20(17)22(25)19(15)5-2)18-9-7-16(8-10-18)24(30)27-6-3/h7-10,13,21H,4-6,11-12,14H2,1-3H3,(H2,26,29)(H,27,30). The average molecular weight is 428 g/mol. The highest BCUT2D eigenvalue weighted by Gasteiger charge is 2.30. The molecule has 0 aromatic heterocycles. The Kier molecular flexibility index (Phi) is 7.03. The van der Waals surface area contributed by atoms with E-state index >= 15 is 0 Å². The summed E-state index contributed by atoms with van der Waals surface area (Å²) >= 11 is 6.81. The van der Waals surface area contributed by atoms with E-state index in [1.54, 1.807) is 12.1 Å². The molecular formula is C24H30ClN3O2. The van der Waals surface area contributed by atoms with Gasteiger partial charge in [0.2, 0.25) is 5.91 Å². The van der Waals surface area contributed by atoms with Crippen molar-refractivity contribution in [1.82, 2.24) is 5.32 Å². The van der Waals surface area contributed by atoms with Crippen LogP contribution >= 0.6 is 11.6 Å². The summed E-state index contributed by atoms with van der Waals surface area (Å²) in [6, 6.07) is 9.08. The lowest BCUT2D eigenvalue weighted by Crippen LogP contribution is -2.46. The lowest BCUT2D eigenvalue weighted by molar-refractivity contribution is -0.119. The van der Waals surface area contributed by atoms with Crippen LogP contribution in [-0.2, 0) is 30.5 Å². The summed E-state index contributed by atoms with van der Waals surface area (Å²) in [6.45, 7) is 7.35. The zero-order chi connectivity index (χ0) is 21.8. The second kappa shape index (κ2) is 9.52. The zero-order valence-electron chi connectivity index (χ0n) is 17.9. The number of fused-ring (bicyclic) bond motifs is 1. The van der Waals surface area contributed by atoms with E-state index in [4.69, 9.17) is 17.3 Å². The molecule has 1 atom stereocenters. The van der Waals surface area contributed by atoms with Crippen LogP contribution in [0.1, 0.15) is 53.4 Å². The zero-order valence-corrected chi connectivity index (χ0v) is 18.7. The third kappa shape index (κ3) is 4.31. The predicted octanol–water partition coefficient (Wildman–Crippen LogP) is 3.67. The molecule has 1 heterocycles. The fraction of sp³-hybridized carbons (Fsp3) is 0.417. The van der Waals surface area contributed by atoms with Crippen LogP contribution in [0.3, 0.4) is 0 Å². The highest BCUT2D eigenvalue weighted by Crippen LogP contribution is 2.34. The summed E-state index contributed by atoms with van der Waals surface area (Å²) in [6.07, 6.45) is 3.06. The molecule has 160 valence electrons. The fourth-order valence-corrected chi connectivity index (χ4v) is 4.81. The van der Waals surface area contributed by atoms with Gasteiger partial charge in [-0.05, 0) is 72.7 Å². The molecule has 0 aliphatic carbocycles. The molecule has 3 rings (SSSR count). The summed E-state index contributed by atoms with van der Waals surface area (Å²) in [4.78, 5) is 26.5. The topological polar surface area (TPSA) is 75.4 Å². The van der Waals surface area contributed by atoms with Crippen LogP contribution in [-0.4, -0.2) is 30.9 Å². The SMILES string of the molecule is CCNC(=O)c1ccc(N2CCc3c(cc(CC)c(CC)c3Cl)CC2C(N)=O)cc1. The Balaban J connectivity index is 1.97. The number of nitrogens with zero attached hydrogens (tertiary/aromatic N) is 1. The van der Waals surface area contributed by atoms with Crippen molar-refractivity contribution < 1.29 is 9.59 Å². The van der Waals surface area contributed by atoms with E-state index < -0.39 is 6.04 Å². The average Bonchev–Trinajstić information content (AvgIpc) is 2.94. The van der Waals surface area contributed by atoms with Gasteiger partial charge in [-0.3, -0.25) is 9.59 Å². The van der Waals surface area contributed by atoms with Gasteiger partial charge in [0.15, 0.2) is 0 Å². The van der Waals surface area contributed by atoms with E-state index in [0.717, 1.165) is 41.1 Å². The smallest absolute Gasteiger partial charge is 0.251 e. The second-order valence-corrected chi connectivity index (χ2v) is 8.02. The molecule has 1 aliphatic rings. The largest absolute Gasteiger partial charge is 0.368 e. The minimum Gasteiger partial charge on any atom is -0.368 e. The molecule has 3 N–H and O–H groups in total. The first-order valence-corrected chi connectivity index (χ1v) is 11.0. The van der Waals surface area contributed by atoms with Crippen LogP contribution in [0.15, 0.2) is 30.3 Å². The number of primary amides is 1. The third-order valence-electron chi connectivity index (χ3n) is 5.91. The summed E-state index contributed by atoms with van der Waals surface area (Å²) in [5.41, 5.74) is 12.0. The van der Waals surface area contributed by atoms with E-state index in [-0.39, 0.29) is 11.8 Å². The first-order valence-electron chi connectivity index (χ1n) is 10.7. The van der Waals surface area contributed by atoms with E-state index in [0.29, 0.717) is 25.1 Å². The molecule has 30 heavy (non-hydrogen) atoms. The van der Waals surface area contributed by atoms with Crippen LogP contribution in [0.2, 0.25) is 5.02 Å². The van der Waals surface area contributed by atoms with Crippen LogP contribution in [0.25, 0.3) is 0 Å². The number of aryl methyl sites for hydroxylation is 1. The Hall–Kier alpha value is -2.53. The number of carbonyl (C=O) groups is 2. The van der Waals surface area contributed by atoms with Crippen molar-refractivity contribution in [2.45, 2.75) is 52.5 Å². The third-order valence-corrected chi connectivity index (χ3v) is 6.36. The van der Waals surface area contributed by atoms with Gasteiger partial charge in [0.1, 0.15) is 6.04 Å². The molecule has 1 unspecified atom stereocenters. The van der Waals surface area contributed by atoms with Gasteiger partial charge in [0.25, 0.3) is 5.91 Å². The van der Waals surface area contributed by atoms with Gasteiger partial charge < -0.3 is 16.0 Å². The molecule has 0 saturated carbocycles. The van der Waals surface area contributed by atoms with Gasteiger partial charge >= 0.3 is 0 Å². The summed E-state index contributed by atoms with van der Waals surface area (Å²) in [5.74, 6) is -0.464. The Labute approximate surface area is 183 Å². The number of halogens is 1. The molecule has 0 radical (unpaired) electrons. The van der Waals surface area contributed by atoms with Crippen LogP contribution < -0.4 is 16.0 Å². The van der Waals surface area contributed by atoms with E-state index in [9.17, 15) is 9.59 Å². The Morgan fingerprint density at radius 3 is 2.43 bits per heavy atom. The van der Waals surface area contributed by atoms with Gasteiger partial charge in [-0.2, -0.15) is 0 Å². The van der Waals surface area contributed by atoms with Gasteiger partial charge in [-0.15, -0.1) is 0 Å². The second-order valence-electron chi connectivity index (χ2n) is 7.65. The lowest BCUT2D eigenvalue weighted by atomic mass is 9.91. The molecule has 2 aromatic carbocycles. The minimum atomic E-state index is -0.463. The highest BCUT2D eigenvalue weighted by molar-refractivity contribution is 6.32. The molecule has 0 saturated heterocycles. The summed E-state index contributed by atoms with van der Waals surface area (Å²) in [5, 5.41) is 3.63. The molecule has 2 amide bonds. The maximum Gasteiger partial charge on any atom is 0.251 e. The van der Waals surface area contributed by atoms with Crippen molar-refractivity contribution in [3.8, 4) is 0 Å². The number of rotatable bonds is 6. The maximum atomic E-state index is 12.4. The summed E-state index contributed by atoms with van der Waals surface area (Å²) in [7, 11) is 0. The molecule has 1 aliphatic heterocycles. The maximum absolute atomic E-state index is 12.4. The van der Waals surface area contributed by atoms with E-state index in [1.165, 1.54) is 11.1 Å². The summed E-state index contributed by atoms with van der Waals surface area (Å²) < 4.78 is 0. The number of anilines is 1. The molecule has 0 spiro atoms. The highest BCUT2D eigenvalue weighted by atomic mass is 35.5. The molecule has 5 nitrogen and oxygen atoms in total. The Morgan fingerprint density at radius 1 is 1.17 bits per heavy atom. The van der Waals surface area contributed by atoms with Gasteiger partial charge in [0.05, 0.1) is 0 Å². The number of hydrogen-bond acceptors (Lipinski definition) is 3. The van der Waals surface area contributed by atoms with Gasteiger partial charge in [0, 0.05) is 35.8 Å². The number of hydrogen-bond donors (Lipinski definition) is 2. The van der Waals surface area contributed by atoms with Gasteiger partial charge in [-0.1, -0.05) is 31.5 Å². The Morgan fingerprint density at radius 2 is 1.87 bits per heavy atom. The van der Waals surface area contributed by atoms with Crippen molar-refractivity contribution in [1.29, 1.82) is 0 Å². The Bertz CT molecular complexity index is 940. The van der Waals surface area contributed by atoms with Crippen molar-refractivity contribution in [3.63, 3.8) is 0 Å². The first-order chi connectivity index (χ1) is 14.4. The molecule has 0 fully saturated rings. The monoisotopic (exact) mass is 427 g/mol. The number of benzene rings is 2. The van der Waals surface area contributed by atoms with Crippen molar-refractivity contribution >= 4 is 29.1 Å². The molecular weight excluding hydrogens is 398 g/mol. The fourth-order valence-electron chi connectivity index (χ4n) is 4.34. The number of nitrogens with one attached hydrogen (secondary N) is 1. The predicted molar refractivity (Wildman–Crippen MR) is 122 cm³/mol. The van der Waals surface area contributed by atoms with Crippen LogP contribution in [0.5, 0.6) is 0 Å². The molecule has 0 bridgehead atoms. The minimum absolute atomic E-state index is 0.107. The quantitative estimate of drug-likeness (QED) is 0.738. The van der Waals surface area contributed by atoms with Gasteiger partial charge in [-0.25, -0.2) is 0 Å². The van der Waals surface area contributed by atoms with E-state index in [1.807, 2.05) is 24.0 Å². The van der Waals surface area contributed by atoms with Crippen molar-refractivity contribution in [2.24, 2.45) is 5.73 Å². The number of carbonyl (C=O) groups excluding carboxylic acids is 2. The number of amides is 2. The lowest BCUT2D eigenvalue weighted by Gasteiger charge is -2.30. The van der Waals surface area contributed by atoms with Crippen LogP contribution in [0.4, 0.5) is 5.69 Å². The molecule has 6 heteroatoms. The van der Waals surface area contributed by atoms with Crippen molar-refractivity contribution in [2.75, 3.05) is 18.0 Å². The molecule has 2 aromatic rings. The van der Waals surface area contributed by atoms with E-state index in [2.05, 4.69) is 25.2 Å².